The van der Waals surface area contributed by atoms with Crippen molar-refractivity contribution in [3.8, 4) is 11.5 Å². The molecular weight excluding hydrogens is 240 g/mol. The first-order valence-corrected chi connectivity index (χ1v) is 6.30. The van der Waals surface area contributed by atoms with Crippen LogP contribution in [0.5, 0.6) is 11.5 Å². The third kappa shape index (κ3) is 3.73. The van der Waals surface area contributed by atoms with Crippen molar-refractivity contribution in [2.24, 2.45) is 0 Å². The molecule has 0 fully saturated rings. The summed E-state index contributed by atoms with van der Waals surface area (Å²) < 4.78 is 16.6. The lowest BCUT2D eigenvalue weighted by Gasteiger charge is -2.19. The molecule has 0 aliphatic carbocycles. The van der Waals surface area contributed by atoms with Crippen LogP contribution in [-0.2, 0) is 4.74 Å². The van der Waals surface area contributed by atoms with Crippen LogP contribution in [0.3, 0.4) is 0 Å². The summed E-state index contributed by atoms with van der Waals surface area (Å²) >= 11 is 0. The van der Waals surface area contributed by atoms with Gasteiger partial charge in [0.15, 0.2) is 0 Å². The number of ether oxygens (including phenoxy) is 3. The van der Waals surface area contributed by atoms with Crippen molar-refractivity contribution in [2.75, 3.05) is 13.7 Å². The van der Waals surface area contributed by atoms with Crippen molar-refractivity contribution in [1.82, 2.24) is 0 Å². The summed E-state index contributed by atoms with van der Waals surface area (Å²) in [7, 11) is 1.64. The summed E-state index contributed by atoms with van der Waals surface area (Å²) in [5.41, 5.74) is 1.00. The van der Waals surface area contributed by atoms with E-state index in [1.807, 2.05) is 61.5 Å². The maximum absolute atomic E-state index is 5.86. The zero-order chi connectivity index (χ0) is 13.5. The highest BCUT2D eigenvalue weighted by Crippen LogP contribution is 2.24. The largest absolute Gasteiger partial charge is 0.497 e. The highest BCUT2D eigenvalue weighted by Gasteiger charge is 2.12. The molecule has 1 atom stereocenters. The topological polar surface area (TPSA) is 27.7 Å². The summed E-state index contributed by atoms with van der Waals surface area (Å²) in [5, 5.41) is 0. The van der Waals surface area contributed by atoms with E-state index in [1.54, 1.807) is 7.11 Å². The second kappa shape index (κ2) is 6.81. The highest BCUT2D eigenvalue weighted by molar-refractivity contribution is 5.31. The van der Waals surface area contributed by atoms with Crippen molar-refractivity contribution in [3.63, 3.8) is 0 Å². The average molecular weight is 258 g/mol. The van der Waals surface area contributed by atoms with Crippen LogP contribution < -0.4 is 9.47 Å². The standard InChI is InChI=1S/C16H18O3/c1-3-18-16(13-7-5-4-6-8-13)19-15-11-9-14(17-2)10-12-15/h4-12,16H,3H2,1-2H3. The van der Waals surface area contributed by atoms with E-state index in [4.69, 9.17) is 14.2 Å². The van der Waals surface area contributed by atoms with Crippen molar-refractivity contribution >= 4 is 0 Å². The number of hydrogen-bond donors (Lipinski definition) is 0. The number of rotatable bonds is 6. The first-order valence-electron chi connectivity index (χ1n) is 6.30. The van der Waals surface area contributed by atoms with Crippen LogP contribution in [0, 0.1) is 0 Å². The summed E-state index contributed by atoms with van der Waals surface area (Å²) in [4.78, 5) is 0. The molecule has 3 heteroatoms. The SMILES string of the molecule is CCOC(Oc1ccc(OC)cc1)c1ccccc1. The van der Waals surface area contributed by atoms with Crippen molar-refractivity contribution < 1.29 is 14.2 Å². The molecule has 0 heterocycles. The van der Waals surface area contributed by atoms with Crippen LogP contribution in [0.4, 0.5) is 0 Å². The van der Waals surface area contributed by atoms with E-state index in [1.165, 1.54) is 0 Å². The summed E-state index contributed by atoms with van der Waals surface area (Å²) in [6, 6.07) is 17.4. The van der Waals surface area contributed by atoms with Gasteiger partial charge in [0.05, 0.1) is 7.11 Å². The Hall–Kier alpha value is -2.00. The molecule has 0 aliphatic heterocycles. The smallest absolute Gasteiger partial charge is 0.226 e. The fourth-order valence-corrected chi connectivity index (χ4v) is 1.74. The fourth-order valence-electron chi connectivity index (χ4n) is 1.74. The third-order valence-electron chi connectivity index (χ3n) is 2.69. The predicted molar refractivity (Wildman–Crippen MR) is 74.4 cm³/mol. The molecule has 100 valence electrons. The Bertz CT molecular complexity index is 479. The van der Waals surface area contributed by atoms with E-state index in [9.17, 15) is 0 Å². The Kier molecular flexibility index (Phi) is 4.81. The minimum atomic E-state index is -0.389. The van der Waals surface area contributed by atoms with Crippen LogP contribution in [0.25, 0.3) is 0 Å². The maximum atomic E-state index is 5.86. The van der Waals surface area contributed by atoms with Gasteiger partial charge < -0.3 is 14.2 Å². The molecule has 2 rings (SSSR count). The Morgan fingerprint density at radius 1 is 0.895 bits per heavy atom. The molecule has 2 aromatic carbocycles. The Morgan fingerprint density at radius 3 is 2.11 bits per heavy atom. The van der Waals surface area contributed by atoms with Crippen molar-refractivity contribution in [1.29, 1.82) is 0 Å². The second-order valence-electron chi connectivity index (χ2n) is 3.99. The summed E-state index contributed by atoms with van der Waals surface area (Å²) in [6.45, 7) is 2.54. The maximum Gasteiger partial charge on any atom is 0.226 e. The van der Waals surface area contributed by atoms with E-state index in [-0.39, 0.29) is 6.29 Å². The van der Waals surface area contributed by atoms with Crippen molar-refractivity contribution in [2.45, 2.75) is 13.2 Å². The Labute approximate surface area is 113 Å². The molecule has 0 aromatic heterocycles. The Balaban J connectivity index is 2.11. The van der Waals surface area contributed by atoms with Gasteiger partial charge in [-0.15, -0.1) is 0 Å². The molecule has 0 saturated carbocycles. The van der Waals surface area contributed by atoms with Crippen LogP contribution in [0.1, 0.15) is 18.8 Å². The van der Waals surface area contributed by atoms with Crippen LogP contribution in [0.15, 0.2) is 54.6 Å². The zero-order valence-corrected chi connectivity index (χ0v) is 11.2. The molecule has 19 heavy (non-hydrogen) atoms. The van der Waals surface area contributed by atoms with Gasteiger partial charge in [0, 0.05) is 12.2 Å². The first kappa shape index (κ1) is 13.4. The molecule has 1 unspecified atom stereocenters. The van der Waals surface area contributed by atoms with Gasteiger partial charge >= 0.3 is 0 Å². The van der Waals surface area contributed by atoms with Gasteiger partial charge in [0.2, 0.25) is 6.29 Å². The normalized spacial score (nSPS) is 11.9. The van der Waals surface area contributed by atoms with E-state index in [0.29, 0.717) is 6.61 Å². The van der Waals surface area contributed by atoms with Gasteiger partial charge in [-0.3, -0.25) is 0 Å². The van der Waals surface area contributed by atoms with Gasteiger partial charge in [0.25, 0.3) is 0 Å². The van der Waals surface area contributed by atoms with Gasteiger partial charge in [-0.2, -0.15) is 0 Å². The third-order valence-corrected chi connectivity index (χ3v) is 2.69. The Morgan fingerprint density at radius 2 is 1.53 bits per heavy atom. The molecule has 0 N–H and O–H groups in total. The monoisotopic (exact) mass is 258 g/mol. The molecule has 0 amide bonds. The molecule has 0 aliphatic rings. The summed E-state index contributed by atoms with van der Waals surface area (Å²) in [6.07, 6.45) is -0.389. The number of hydrogen-bond acceptors (Lipinski definition) is 3. The fraction of sp³-hybridized carbons (Fsp3) is 0.250. The number of benzene rings is 2. The second-order valence-corrected chi connectivity index (χ2v) is 3.99. The average Bonchev–Trinajstić information content (AvgIpc) is 2.48. The van der Waals surface area contributed by atoms with Crippen LogP contribution >= 0.6 is 0 Å². The zero-order valence-electron chi connectivity index (χ0n) is 11.2. The van der Waals surface area contributed by atoms with E-state index in [0.717, 1.165) is 17.1 Å². The molecule has 0 bridgehead atoms. The lowest BCUT2D eigenvalue weighted by Crippen LogP contribution is -2.11. The minimum absolute atomic E-state index is 0.389. The van der Waals surface area contributed by atoms with Gasteiger partial charge in [-0.25, -0.2) is 0 Å². The minimum Gasteiger partial charge on any atom is -0.497 e. The number of methoxy groups -OCH3 is 1. The van der Waals surface area contributed by atoms with E-state index >= 15 is 0 Å². The molecular formula is C16H18O3. The van der Waals surface area contributed by atoms with Crippen LogP contribution in [-0.4, -0.2) is 13.7 Å². The predicted octanol–water partition coefficient (Wildman–Crippen LogP) is 3.81. The first-order chi connectivity index (χ1) is 9.33. The quantitative estimate of drug-likeness (QED) is 0.737. The lowest BCUT2D eigenvalue weighted by atomic mass is 10.2. The molecule has 0 saturated heterocycles. The van der Waals surface area contributed by atoms with Gasteiger partial charge in [-0.1, -0.05) is 30.3 Å². The molecule has 3 nitrogen and oxygen atoms in total. The molecule has 2 aromatic rings. The van der Waals surface area contributed by atoms with Gasteiger partial charge in [-0.05, 0) is 31.2 Å². The molecule has 0 radical (unpaired) electrons. The summed E-state index contributed by atoms with van der Waals surface area (Å²) in [5.74, 6) is 1.56. The van der Waals surface area contributed by atoms with E-state index in [2.05, 4.69) is 0 Å². The van der Waals surface area contributed by atoms with Crippen LogP contribution in [0.2, 0.25) is 0 Å². The lowest BCUT2D eigenvalue weighted by molar-refractivity contribution is -0.0786. The molecule has 0 spiro atoms. The van der Waals surface area contributed by atoms with E-state index < -0.39 is 0 Å². The highest BCUT2D eigenvalue weighted by atomic mass is 16.7. The van der Waals surface area contributed by atoms with Gasteiger partial charge in [0.1, 0.15) is 11.5 Å². The van der Waals surface area contributed by atoms with Crippen molar-refractivity contribution in [3.05, 3.63) is 60.2 Å².